The molecule has 2 heterocycles. The summed E-state index contributed by atoms with van der Waals surface area (Å²) in [5.41, 5.74) is 3.06. The summed E-state index contributed by atoms with van der Waals surface area (Å²) in [7, 11) is 0. The zero-order valence-electron chi connectivity index (χ0n) is 17.5. The van der Waals surface area contributed by atoms with E-state index < -0.39 is 6.04 Å². The van der Waals surface area contributed by atoms with E-state index in [1.165, 1.54) is 5.56 Å². The molecule has 0 spiro atoms. The molecule has 7 nitrogen and oxygen atoms in total. The van der Waals surface area contributed by atoms with Gasteiger partial charge in [-0.05, 0) is 42.8 Å². The van der Waals surface area contributed by atoms with Gasteiger partial charge in [-0.2, -0.15) is 4.68 Å². The van der Waals surface area contributed by atoms with Gasteiger partial charge < -0.3 is 9.88 Å². The first-order chi connectivity index (χ1) is 15.6. The fourth-order valence-corrected chi connectivity index (χ4v) is 3.85. The lowest BCUT2D eigenvalue weighted by Crippen LogP contribution is -2.34. The van der Waals surface area contributed by atoms with Gasteiger partial charge in [-0.3, -0.25) is 9.59 Å². The standard InChI is InChI=1S/C25H21N5O2/c1-17(30-25(32)20-10-5-6-11-22(20)27-28-30)24(31)26-21-12-7-13-23-19(21)14-15-29(23)16-18-8-3-2-4-9-18/h2-15,17H,16H2,1H3,(H,26,31). The second-order valence-electron chi connectivity index (χ2n) is 7.69. The summed E-state index contributed by atoms with van der Waals surface area (Å²) in [6.07, 6.45) is 2.01. The fourth-order valence-electron chi connectivity index (χ4n) is 3.85. The quantitative estimate of drug-likeness (QED) is 0.463. The molecule has 0 radical (unpaired) electrons. The van der Waals surface area contributed by atoms with Crippen LogP contribution in [0.4, 0.5) is 5.69 Å². The van der Waals surface area contributed by atoms with Crippen LogP contribution in [0.15, 0.2) is 89.9 Å². The summed E-state index contributed by atoms with van der Waals surface area (Å²) >= 11 is 0. The number of hydrogen-bond donors (Lipinski definition) is 1. The van der Waals surface area contributed by atoms with Crippen LogP contribution < -0.4 is 10.9 Å². The van der Waals surface area contributed by atoms with Crippen molar-refractivity contribution < 1.29 is 4.79 Å². The van der Waals surface area contributed by atoms with Crippen LogP contribution >= 0.6 is 0 Å². The van der Waals surface area contributed by atoms with Crippen LogP contribution in [0, 0.1) is 0 Å². The summed E-state index contributed by atoms with van der Waals surface area (Å²) in [5, 5.41) is 12.4. The van der Waals surface area contributed by atoms with Gasteiger partial charge in [-0.15, -0.1) is 5.10 Å². The number of carbonyl (C=O) groups is 1. The molecule has 0 fully saturated rings. The topological polar surface area (TPSA) is 81.8 Å². The van der Waals surface area contributed by atoms with Crippen molar-refractivity contribution >= 4 is 33.4 Å². The lowest BCUT2D eigenvalue weighted by molar-refractivity contribution is -0.119. The monoisotopic (exact) mass is 423 g/mol. The van der Waals surface area contributed by atoms with Crippen molar-refractivity contribution in [2.24, 2.45) is 0 Å². The molecule has 1 atom stereocenters. The summed E-state index contributed by atoms with van der Waals surface area (Å²) in [6, 6.07) is 24.1. The molecular formula is C25H21N5O2. The number of rotatable bonds is 5. The van der Waals surface area contributed by atoms with Crippen LogP contribution in [0.1, 0.15) is 18.5 Å². The van der Waals surface area contributed by atoms with Crippen molar-refractivity contribution in [3.05, 3.63) is 101 Å². The molecule has 1 amide bonds. The highest BCUT2D eigenvalue weighted by Gasteiger charge is 2.20. The molecule has 0 saturated heterocycles. The van der Waals surface area contributed by atoms with Gasteiger partial charge in [0.2, 0.25) is 5.91 Å². The zero-order valence-corrected chi connectivity index (χ0v) is 17.5. The van der Waals surface area contributed by atoms with Crippen LogP contribution in [-0.4, -0.2) is 25.5 Å². The summed E-state index contributed by atoms with van der Waals surface area (Å²) in [4.78, 5) is 25.8. The molecule has 5 rings (SSSR count). The first-order valence-electron chi connectivity index (χ1n) is 10.4. The van der Waals surface area contributed by atoms with Crippen molar-refractivity contribution in [3.8, 4) is 0 Å². The maximum atomic E-state index is 13.0. The van der Waals surface area contributed by atoms with Crippen molar-refractivity contribution in [3.63, 3.8) is 0 Å². The minimum Gasteiger partial charge on any atom is -0.343 e. The van der Waals surface area contributed by atoms with Crippen molar-refractivity contribution in [2.45, 2.75) is 19.5 Å². The van der Waals surface area contributed by atoms with Gasteiger partial charge in [0.05, 0.1) is 16.6 Å². The van der Waals surface area contributed by atoms with Gasteiger partial charge in [0.25, 0.3) is 5.56 Å². The van der Waals surface area contributed by atoms with Gasteiger partial charge >= 0.3 is 0 Å². The Kier molecular flexibility index (Phi) is 4.99. The molecule has 3 aromatic carbocycles. The van der Waals surface area contributed by atoms with E-state index >= 15 is 0 Å². The van der Waals surface area contributed by atoms with Gasteiger partial charge in [-0.25, -0.2) is 0 Å². The number of nitrogens with one attached hydrogen (secondary N) is 1. The first-order valence-corrected chi connectivity index (χ1v) is 10.4. The van der Waals surface area contributed by atoms with Gasteiger partial charge in [0.15, 0.2) is 0 Å². The third kappa shape index (κ3) is 3.54. The lowest BCUT2D eigenvalue weighted by Gasteiger charge is -2.14. The molecule has 2 aromatic heterocycles. The normalized spacial score (nSPS) is 12.2. The Bertz CT molecular complexity index is 1490. The third-order valence-corrected chi connectivity index (χ3v) is 5.60. The van der Waals surface area contributed by atoms with E-state index in [1.807, 2.05) is 48.7 Å². The average molecular weight is 423 g/mol. The number of anilines is 1. The van der Waals surface area contributed by atoms with E-state index in [4.69, 9.17) is 0 Å². The average Bonchev–Trinajstić information content (AvgIpc) is 3.23. The maximum absolute atomic E-state index is 13.0. The molecule has 1 unspecified atom stereocenters. The van der Waals surface area contributed by atoms with Gasteiger partial charge in [0, 0.05) is 18.1 Å². The number of amides is 1. The highest BCUT2D eigenvalue weighted by atomic mass is 16.2. The van der Waals surface area contributed by atoms with E-state index in [9.17, 15) is 9.59 Å². The molecule has 1 N–H and O–H groups in total. The number of benzene rings is 3. The SMILES string of the molecule is CC(C(=O)Nc1cccc2c1ccn2Cc1ccccc1)n1nnc2ccccc2c1=O. The molecule has 0 aliphatic heterocycles. The Morgan fingerprint density at radius 2 is 1.72 bits per heavy atom. The molecule has 158 valence electrons. The van der Waals surface area contributed by atoms with Crippen LogP contribution in [0.2, 0.25) is 0 Å². The molecule has 32 heavy (non-hydrogen) atoms. The Morgan fingerprint density at radius 1 is 0.938 bits per heavy atom. The Labute approximate surface area is 183 Å². The Balaban J connectivity index is 1.42. The van der Waals surface area contributed by atoms with Crippen molar-refractivity contribution in [2.75, 3.05) is 5.32 Å². The summed E-state index contributed by atoms with van der Waals surface area (Å²) in [6.45, 7) is 2.38. The van der Waals surface area contributed by atoms with Gasteiger partial charge in [0.1, 0.15) is 11.6 Å². The zero-order chi connectivity index (χ0) is 22.1. The number of hydrogen-bond acceptors (Lipinski definition) is 4. The number of aromatic nitrogens is 4. The lowest BCUT2D eigenvalue weighted by atomic mass is 10.2. The van der Waals surface area contributed by atoms with Gasteiger partial charge in [-0.1, -0.05) is 53.7 Å². The van der Waals surface area contributed by atoms with Crippen LogP contribution in [-0.2, 0) is 11.3 Å². The fraction of sp³-hybridized carbons (Fsp3) is 0.120. The number of nitrogens with zero attached hydrogens (tertiary/aromatic N) is 4. The number of carbonyl (C=O) groups excluding carboxylic acids is 1. The second-order valence-corrected chi connectivity index (χ2v) is 7.69. The highest BCUT2D eigenvalue weighted by molar-refractivity contribution is 6.02. The molecule has 0 aliphatic carbocycles. The van der Waals surface area contributed by atoms with E-state index in [2.05, 4.69) is 32.3 Å². The van der Waals surface area contributed by atoms with Crippen LogP contribution in [0.5, 0.6) is 0 Å². The first kappa shape index (κ1) is 19.7. The summed E-state index contributed by atoms with van der Waals surface area (Å²) in [5.74, 6) is -0.333. The molecule has 0 saturated carbocycles. The van der Waals surface area contributed by atoms with Crippen molar-refractivity contribution in [1.82, 2.24) is 19.6 Å². The second kappa shape index (κ2) is 8.11. The molecule has 5 aromatic rings. The smallest absolute Gasteiger partial charge is 0.278 e. The Morgan fingerprint density at radius 3 is 2.56 bits per heavy atom. The molecular weight excluding hydrogens is 402 g/mol. The summed E-state index contributed by atoms with van der Waals surface area (Å²) < 4.78 is 3.27. The van der Waals surface area contributed by atoms with Crippen molar-refractivity contribution in [1.29, 1.82) is 0 Å². The number of fused-ring (bicyclic) bond motifs is 2. The maximum Gasteiger partial charge on any atom is 0.278 e. The predicted molar refractivity (Wildman–Crippen MR) is 125 cm³/mol. The highest BCUT2D eigenvalue weighted by Crippen LogP contribution is 2.26. The van der Waals surface area contributed by atoms with E-state index in [0.717, 1.165) is 22.1 Å². The minimum atomic E-state index is -0.818. The van der Waals surface area contributed by atoms with E-state index in [1.54, 1.807) is 31.2 Å². The third-order valence-electron chi connectivity index (χ3n) is 5.60. The van der Waals surface area contributed by atoms with E-state index in [-0.39, 0.29) is 11.5 Å². The minimum absolute atomic E-state index is 0.333. The van der Waals surface area contributed by atoms with Crippen LogP contribution in [0.3, 0.4) is 0 Å². The molecule has 7 heteroatoms. The van der Waals surface area contributed by atoms with E-state index in [0.29, 0.717) is 16.6 Å². The largest absolute Gasteiger partial charge is 0.343 e. The molecule has 0 bridgehead atoms. The molecule has 0 aliphatic rings. The van der Waals surface area contributed by atoms with Crippen LogP contribution in [0.25, 0.3) is 21.8 Å². The predicted octanol–water partition coefficient (Wildman–Crippen LogP) is 3.99. The Hall–Kier alpha value is -4.26.